The maximum atomic E-state index is 12.3. The number of nitrogens with zero attached hydrogens (tertiary/aromatic N) is 2. The number of H-pyrrole nitrogens is 1. The maximum Gasteiger partial charge on any atom is 0.343 e. The van der Waals surface area contributed by atoms with E-state index in [4.69, 9.17) is 9.84 Å². The molecule has 0 amide bonds. The normalized spacial score (nSPS) is 10.9. The summed E-state index contributed by atoms with van der Waals surface area (Å²) in [6.07, 6.45) is 2.20. The predicted octanol–water partition coefficient (Wildman–Crippen LogP) is 0.296. The fourth-order valence-electron chi connectivity index (χ4n) is 2.11. The molecule has 0 radical (unpaired) electrons. The van der Waals surface area contributed by atoms with Crippen LogP contribution in [0.2, 0.25) is 0 Å². The van der Waals surface area contributed by atoms with E-state index in [-0.39, 0.29) is 36.4 Å². The van der Waals surface area contributed by atoms with Crippen molar-refractivity contribution < 1.29 is 14.6 Å². The minimum Gasteiger partial charge on any atom is -0.462 e. The molecule has 20 heavy (non-hydrogen) atoms. The number of aryl methyl sites for hydroxylation is 1. The number of hydrogen-bond donors (Lipinski definition) is 2. The first kappa shape index (κ1) is 14.3. The van der Waals surface area contributed by atoms with Gasteiger partial charge in [-0.3, -0.25) is 9.89 Å². The van der Waals surface area contributed by atoms with Crippen molar-refractivity contribution in [3.8, 4) is 0 Å². The summed E-state index contributed by atoms with van der Waals surface area (Å²) in [6, 6.07) is 0. The first-order valence-electron chi connectivity index (χ1n) is 6.53. The summed E-state index contributed by atoms with van der Waals surface area (Å²) in [4.78, 5) is 28.5. The van der Waals surface area contributed by atoms with Gasteiger partial charge in [0.1, 0.15) is 5.56 Å². The van der Waals surface area contributed by atoms with E-state index in [9.17, 15) is 9.59 Å². The van der Waals surface area contributed by atoms with Crippen LogP contribution in [0, 0.1) is 0 Å². The Bertz CT molecular complexity index is 687. The number of esters is 1. The van der Waals surface area contributed by atoms with E-state index < -0.39 is 5.97 Å². The Hall–Kier alpha value is -2.15. The monoisotopic (exact) mass is 279 g/mol. The molecule has 2 heterocycles. The molecule has 0 aromatic carbocycles. The third-order valence-electron chi connectivity index (χ3n) is 3.03. The molecule has 0 atom stereocenters. The minimum atomic E-state index is -0.518. The van der Waals surface area contributed by atoms with Crippen LogP contribution in [0.1, 0.15) is 35.5 Å². The Morgan fingerprint density at radius 2 is 2.25 bits per heavy atom. The van der Waals surface area contributed by atoms with Crippen LogP contribution in [0.4, 0.5) is 0 Å². The summed E-state index contributed by atoms with van der Waals surface area (Å²) in [6.45, 7) is 3.71. The molecule has 2 aromatic rings. The van der Waals surface area contributed by atoms with E-state index in [1.54, 1.807) is 6.92 Å². The molecule has 0 bridgehead atoms. The van der Waals surface area contributed by atoms with Crippen molar-refractivity contribution in [2.45, 2.75) is 26.7 Å². The van der Waals surface area contributed by atoms with Gasteiger partial charge in [0.05, 0.1) is 12.3 Å². The van der Waals surface area contributed by atoms with Crippen LogP contribution in [0.15, 0.2) is 11.0 Å². The van der Waals surface area contributed by atoms with Crippen molar-refractivity contribution in [2.75, 3.05) is 13.2 Å². The quantitative estimate of drug-likeness (QED) is 0.767. The first-order chi connectivity index (χ1) is 9.63. The van der Waals surface area contributed by atoms with Crippen molar-refractivity contribution >= 4 is 11.6 Å². The van der Waals surface area contributed by atoms with E-state index >= 15 is 0 Å². The molecular weight excluding hydrogens is 262 g/mol. The molecule has 2 N–H and O–H groups in total. The fraction of sp³-hybridized carbons (Fsp3) is 0.462. The number of aromatic nitrogens is 3. The van der Waals surface area contributed by atoms with Gasteiger partial charge in [0.25, 0.3) is 5.56 Å². The molecule has 0 fully saturated rings. The number of carbonyl (C=O) groups excluding carboxylic acids is 1. The molecule has 0 saturated carbocycles. The zero-order valence-corrected chi connectivity index (χ0v) is 11.5. The third kappa shape index (κ3) is 2.32. The van der Waals surface area contributed by atoms with Crippen LogP contribution in [-0.4, -0.2) is 38.9 Å². The minimum absolute atomic E-state index is 0.124. The van der Waals surface area contributed by atoms with E-state index in [1.807, 2.05) is 6.92 Å². The predicted molar refractivity (Wildman–Crippen MR) is 71.9 cm³/mol. The zero-order valence-electron chi connectivity index (χ0n) is 11.5. The summed E-state index contributed by atoms with van der Waals surface area (Å²) < 4.78 is 6.14. The van der Waals surface area contributed by atoms with Crippen molar-refractivity contribution in [2.24, 2.45) is 0 Å². The van der Waals surface area contributed by atoms with Gasteiger partial charge < -0.3 is 9.84 Å². The van der Waals surface area contributed by atoms with E-state index in [1.165, 1.54) is 10.7 Å². The van der Waals surface area contributed by atoms with Gasteiger partial charge in [-0.2, -0.15) is 0 Å². The van der Waals surface area contributed by atoms with Gasteiger partial charge >= 0.3 is 5.97 Å². The summed E-state index contributed by atoms with van der Waals surface area (Å²) >= 11 is 0. The second-order valence-electron chi connectivity index (χ2n) is 4.24. The van der Waals surface area contributed by atoms with Gasteiger partial charge in [-0.05, 0) is 13.3 Å². The van der Waals surface area contributed by atoms with E-state index in [0.29, 0.717) is 17.7 Å². The smallest absolute Gasteiger partial charge is 0.343 e. The highest BCUT2D eigenvalue weighted by Gasteiger charge is 2.19. The zero-order chi connectivity index (χ0) is 14.7. The number of fused-ring (bicyclic) bond motifs is 1. The van der Waals surface area contributed by atoms with Gasteiger partial charge in [-0.1, -0.05) is 6.92 Å². The van der Waals surface area contributed by atoms with Crippen LogP contribution in [0.5, 0.6) is 0 Å². The molecule has 0 unspecified atom stereocenters. The number of aliphatic hydroxyl groups is 1. The van der Waals surface area contributed by atoms with Crippen LogP contribution in [-0.2, 0) is 17.6 Å². The van der Waals surface area contributed by atoms with Crippen LogP contribution >= 0.6 is 0 Å². The number of hydrogen-bond acceptors (Lipinski definition) is 5. The molecule has 0 aliphatic heterocycles. The summed E-state index contributed by atoms with van der Waals surface area (Å²) in [7, 11) is 0. The SMILES string of the molecule is CCOC(=O)c1c[nH]n2c(=O)c(CCO)c(CC)nc12. The second-order valence-corrected chi connectivity index (χ2v) is 4.24. The van der Waals surface area contributed by atoms with Crippen LogP contribution in [0.25, 0.3) is 5.65 Å². The molecule has 7 nitrogen and oxygen atoms in total. The molecular formula is C13H17N3O4. The van der Waals surface area contributed by atoms with Crippen LogP contribution < -0.4 is 5.56 Å². The van der Waals surface area contributed by atoms with Crippen molar-refractivity contribution in [1.82, 2.24) is 14.6 Å². The lowest BCUT2D eigenvalue weighted by atomic mass is 10.1. The Morgan fingerprint density at radius 1 is 1.50 bits per heavy atom. The molecule has 0 spiro atoms. The summed E-state index contributed by atoms with van der Waals surface area (Å²) in [5.41, 5.74) is 1.25. The lowest BCUT2D eigenvalue weighted by Crippen LogP contribution is -2.24. The van der Waals surface area contributed by atoms with E-state index in [0.717, 1.165) is 0 Å². The molecule has 0 aliphatic carbocycles. The number of aromatic amines is 1. The highest BCUT2D eigenvalue weighted by molar-refractivity contribution is 5.95. The first-order valence-corrected chi connectivity index (χ1v) is 6.53. The lowest BCUT2D eigenvalue weighted by Gasteiger charge is -2.06. The number of rotatable bonds is 5. The standard InChI is InChI=1S/C13H17N3O4/c1-3-10-8(5-6-17)12(18)16-11(15-10)9(7-14-16)13(19)20-4-2/h7,14,17H,3-6H2,1-2H3. The molecule has 0 aliphatic rings. The number of nitrogens with one attached hydrogen (secondary N) is 1. The Kier molecular flexibility index (Phi) is 4.19. The maximum absolute atomic E-state index is 12.3. The third-order valence-corrected chi connectivity index (χ3v) is 3.03. The average molecular weight is 279 g/mol. The van der Waals surface area contributed by atoms with Crippen molar-refractivity contribution in [3.05, 3.63) is 33.4 Å². The highest BCUT2D eigenvalue weighted by Crippen LogP contribution is 2.11. The van der Waals surface area contributed by atoms with Gasteiger partial charge in [0.15, 0.2) is 5.65 Å². The Labute approximate surface area is 115 Å². The topological polar surface area (TPSA) is 96.7 Å². The highest BCUT2D eigenvalue weighted by atomic mass is 16.5. The largest absolute Gasteiger partial charge is 0.462 e. The van der Waals surface area contributed by atoms with Gasteiger partial charge in [0, 0.05) is 24.8 Å². The van der Waals surface area contributed by atoms with Crippen LogP contribution in [0.3, 0.4) is 0 Å². The Morgan fingerprint density at radius 3 is 2.85 bits per heavy atom. The van der Waals surface area contributed by atoms with Crippen molar-refractivity contribution in [3.63, 3.8) is 0 Å². The summed E-state index contributed by atoms with van der Waals surface area (Å²) in [5.74, 6) is -0.518. The van der Waals surface area contributed by atoms with E-state index in [2.05, 4.69) is 10.1 Å². The number of carbonyl (C=O) groups is 1. The van der Waals surface area contributed by atoms with Gasteiger partial charge in [-0.15, -0.1) is 0 Å². The fourth-order valence-corrected chi connectivity index (χ4v) is 2.11. The molecule has 7 heteroatoms. The van der Waals surface area contributed by atoms with Gasteiger partial charge in [-0.25, -0.2) is 14.3 Å². The number of aliphatic hydroxyl groups excluding tert-OH is 1. The Balaban J connectivity index is 2.66. The summed E-state index contributed by atoms with van der Waals surface area (Å²) in [5, 5.41) is 11.7. The lowest BCUT2D eigenvalue weighted by molar-refractivity contribution is 0.0528. The molecule has 2 rings (SSSR count). The molecule has 0 saturated heterocycles. The average Bonchev–Trinajstić information content (AvgIpc) is 2.86. The molecule has 108 valence electrons. The van der Waals surface area contributed by atoms with Gasteiger partial charge in [0.2, 0.25) is 0 Å². The second kappa shape index (κ2) is 5.87. The number of ether oxygens (including phenoxy) is 1. The molecule has 2 aromatic heterocycles. The van der Waals surface area contributed by atoms with Crippen molar-refractivity contribution in [1.29, 1.82) is 0 Å².